The second-order valence-electron chi connectivity index (χ2n) is 12.5. The Bertz CT molecular complexity index is 1810. The molecule has 43 heavy (non-hydrogen) atoms. The first kappa shape index (κ1) is 26.4. The second kappa shape index (κ2) is 9.47. The van der Waals surface area contributed by atoms with Crippen LogP contribution in [0.3, 0.4) is 0 Å². The van der Waals surface area contributed by atoms with Gasteiger partial charge in [0.1, 0.15) is 30.4 Å². The quantitative estimate of drug-likeness (QED) is 0.320. The zero-order valence-corrected chi connectivity index (χ0v) is 24.9. The summed E-state index contributed by atoms with van der Waals surface area (Å²) in [6, 6.07) is 3.41. The first-order chi connectivity index (χ1) is 20.9. The number of rotatable bonds is 4. The maximum atomic E-state index is 17.0. The Morgan fingerprint density at radius 1 is 1.14 bits per heavy atom. The summed E-state index contributed by atoms with van der Waals surface area (Å²) < 4.78 is 44.8. The van der Waals surface area contributed by atoms with E-state index in [-0.39, 0.29) is 55.1 Å². The van der Waals surface area contributed by atoms with Crippen LogP contribution in [0.25, 0.3) is 32.2 Å². The lowest BCUT2D eigenvalue weighted by atomic mass is 9.95. The molecule has 4 fully saturated rings. The average molecular weight is 626 g/mol. The van der Waals surface area contributed by atoms with Crippen molar-refractivity contribution in [3.05, 3.63) is 28.8 Å². The number of hydrogen-bond donors (Lipinski definition) is 2. The number of benzene rings is 2. The summed E-state index contributed by atoms with van der Waals surface area (Å²) in [5.74, 6) is -0.237. The number of aromatic nitrogens is 3. The minimum Gasteiger partial charge on any atom is -0.489 e. The van der Waals surface area contributed by atoms with Gasteiger partial charge in [0.2, 0.25) is 0 Å². The molecule has 2 aromatic heterocycles. The van der Waals surface area contributed by atoms with Gasteiger partial charge in [-0.2, -0.15) is 9.97 Å². The number of nitrogens with zero attached hydrogens (tertiary/aromatic N) is 5. The standard InChI is InChI=1S/C30H30ClF2N7O2S/c31-21-19(15-4-5-16(32)26-23(15)36-28(34)43-26)22(33)24-20-25(21)41-12-18-17-6-3-14(35-17)11-40(18)27(20)38-29(37-24)42-13-30-7-1-9-39(30)10-2-8-30/h4-5,14,17-18,35H,1-3,6-13H2,(H2,34,36). The van der Waals surface area contributed by atoms with Crippen LogP contribution in [0, 0.1) is 11.6 Å². The van der Waals surface area contributed by atoms with Crippen molar-refractivity contribution < 1.29 is 18.3 Å². The fourth-order valence-electron chi connectivity index (χ4n) is 8.24. The number of anilines is 2. The van der Waals surface area contributed by atoms with Gasteiger partial charge in [-0.1, -0.05) is 22.9 Å². The molecule has 9 rings (SSSR count). The van der Waals surface area contributed by atoms with Crippen LogP contribution in [0.1, 0.15) is 38.5 Å². The highest BCUT2D eigenvalue weighted by molar-refractivity contribution is 7.22. The van der Waals surface area contributed by atoms with Gasteiger partial charge in [0.05, 0.1) is 32.2 Å². The summed E-state index contributed by atoms with van der Waals surface area (Å²) in [7, 11) is 0. The Labute approximate surface area is 255 Å². The number of thiazole rings is 1. The number of ether oxygens (including phenoxy) is 2. The highest BCUT2D eigenvalue weighted by Crippen LogP contribution is 2.51. The molecule has 7 heterocycles. The van der Waals surface area contributed by atoms with Gasteiger partial charge in [-0.3, -0.25) is 4.90 Å². The topological polar surface area (TPSA) is 102 Å². The average Bonchev–Trinajstić information content (AvgIpc) is 3.75. The van der Waals surface area contributed by atoms with Crippen molar-refractivity contribution in [2.24, 2.45) is 0 Å². The van der Waals surface area contributed by atoms with Crippen molar-refractivity contribution in [3.8, 4) is 22.9 Å². The molecule has 0 aliphatic carbocycles. The fourth-order valence-corrected chi connectivity index (χ4v) is 9.34. The maximum absolute atomic E-state index is 17.0. The molecule has 0 spiro atoms. The molecule has 0 saturated carbocycles. The monoisotopic (exact) mass is 625 g/mol. The molecule has 13 heteroatoms. The lowest BCUT2D eigenvalue weighted by Crippen LogP contribution is -2.60. The van der Waals surface area contributed by atoms with Crippen LogP contribution in [0.2, 0.25) is 5.02 Å². The van der Waals surface area contributed by atoms with E-state index < -0.39 is 11.6 Å². The summed E-state index contributed by atoms with van der Waals surface area (Å²) in [5, 5.41) is 4.39. The predicted molar refractivity (Wildman–Crippen MR) is 162 cm³/mol. The van der Waals surface area contributed by atoms with Crippen molar-refractivity contribution in [1.29, 1.82) is 0 Å². The normalized spacial score (nSPS) is 25.7. The molecule has 3 N–H and O–H groups in total. The summed E-state index contributed by atoms with van der Waals surface area (Å²) in [4.78, 5) is 18.7. The lowest BCUT2D eigenvalue weighted by molar-refractivity contribution is 0.108. The van der Waals surface area contributed by atoms with E-state index in [0.717, 1.165) is 63.0 Å². The molecule has 4 aromatic rings. The van der Waals surface area contributed by atoms with Gasteiger partial charge < -0.3 is 25.4 Å². The third-order valence-corrected chi connectivity index (χ3v) is 11.5. The van der Waals surface area contributed by atoms with E-state index in [9.17, 15) is 4.39 Å². The van der Waals surface area contributed by atoms with Crippen molar-refractivity contribution in [3.63, 3.8) is 0 Å². The van der Waals surface area contributed by atoms with Crippen LogP contribution in [-0.4, -0.2) is 76.4 Å². The molecule has 224 valence electrons. The SMILES string of the molecule is Nc1nc2c(-c3c(Cl)c4c5c(nc(OCC67CCCN6CCC7)nc5c3F)N3CC5CCC(N5)C3CO4)ccc(F)c2s1. The van der Waals surface area contributed by atoms with E-state index in [1.807, 2.05) is 0 Å². The van der Waals surface area contributed by atoms with Crippen molar-refractivity contribution in [2.45, 2.75) is 62.2 Å². The smallest absolute Gasteiger partial charge is 0.319 e. The molecule has 9 nitrogen and oxygen atoms in total. The fraction of sp³-hybridized carbons (Fsp3) is 0.500. The molecule has 0 radical (unpaired) electrons. The first-order valence-electron chi connectivity index (χ1n) is 15.0. The summed E-state index contributed by atoms with van der Waals surface area (Å²) in [6.45, 7) is 3.66. The molecular weight excluding hydrogens is 596 g/mol. The molecule has 2 bridgehead atoms. The van der Waals surface area contributed by atoms with E-state index in [1.54, 1.807) is 0 Å². The highest BCUT2D eigenvalue weighted by Gasteiger charge is 2.46. The highest BCUT2D eigenvalue weighted by atomic mass is 35.5. The number of hydrogen-bond acceptors (Lipinski definition) is 10. The van der Waals surface area contributed by atoms with Gasteiger partial charge in [0.15, 0.2) is 16.7 Å². The van der Waals surface area contributed by atoms with E-state index in [4.69, 9.17) is 31.8 Å². The molecule has 3 atom stereocenters. The largest absolute Gasteiger partial charge is 0.489 e. The predicted octanol–water partition coefficient (Wildman–Crippen LogP) is 5.13. The van der Waals surface area contributed by atoms with Crippen LogP contribution in [0.4, 0.5) is 19.7 Å². The summed E-state index contributed by atoms with van der Waals surface area (Å²) in [5.41, 5.74) is 6.61. The molecule has 0 amide bonds. The second-order valence-corrected chi connectivity index (χ2v) is 13.9. The van der Waals surface area contributed by atoms with E-state index in [1.165, 1.54) is 12.1 Å². The van der Waals surface area contributed by atoms with Crippen molar-refractivity contribution >= 4 is 55.0 Å². The van der Waals surface area contributed by atoms with Gasteiger partial charge in [-0.15, -0.1) is 0 Å². The molecule has 5 aliphatic heterocycles. The molecule has 3 unspecified atom stereocenters. The number of nitrogen functional groups attached to an aromatic ring is 1. The van der Waals surface area contributed by atoms with E-state index in [2.05, 4.69) is 25.1 Å². The van der Waals surface area contributed by atoms with Crippen LogP contribution < -0.4 is 25.4 Å². The maximum Gasteiger partial charge on any atom is 0.319 e. The number of nitrogens with two attached hydrogens (primary N) is 1. The van der Waals surface area contributed by atoms with Gasteiger partial charge in [-0.25, -0.2) is 13.8 Å². The van der Waals surface area contributed by atoms with Crippen LogP contribution in [0.5, 0.6) is 11.8 Å². The minimum atomic E-state index is -0.654. The zero-order chi connectivity index (χ0) is 29.0. The van der Waals surface area contributed by atoms with Crippen molar-refractivity contribution in [1.82, 2.24) is 25.2 Å². The van der Waals surface area contributed by atoms with Gasteiger partial charge in [-0.05, 0) is 63.7 Å². The Morgan fingerprint density at radius 3 is 2.81 bits per heavy atom. The number of fused-ring (bicyclic) bond motifs is 7. The Kier molecular flexibility index (Phi) is 5.80. The van der Waals surface area contributed by atoms with Gasteiger partial charge in [0.25, 0.3) is 0 Å². The molecule has 5 aliphatic rings. The first-order valence-corrected chi connectivity index (χ1v) is 16.2. The Balaban J connectivity index is 1.25. The number of piperazine rings is 1. The van der Waals surface area contributed by atoms with Crippen LogP contribution >= 0.6 is 22.9 Å². The summed E-state index contributed by atoms with van der Waals surface area (Å²) >= 11 is 8.05. The number of halogens is 3. The molecular formula is C30H30ClF2N7O2S. The minimum absolute atomic E-state index is 0.0192. The number of nitrogens with one attached hydrogen (secondary N) is 1. The van der Waals surface area contributed by atoms with E-state index in [0.29, 0.717) is 48.3 Å². The molecule has 4 saturated heterocycles. The Morgan fingerprint density at radius 2 is 1.98 bits per heavy atom. The third-order valence-electron chi connectivity index (χ3n) is 10.2. The van der Waals surface area contributed by atoms with Crippen LogP contribution in [-0.2, 0) is 0 Å². The van der Waals surface area contributed by atoms with Crippen molar-refractivity contribution in [2.75, 3.05) is 43.5 Å². The Hall–Kier alpha value is -3.06. The van der Waals surface area contributed by atoms with Gasteiger partial charge >= 0.3 is 6.01 Å². The zero-order valence-electron chi connectivity index (χ0n) is 23.3. The third kappa shape index (κ3) is 3.82. The van der Waals surface area contributed by atoms with Crippen LogP contribution in [0.15, 0.2) is 12.1 Å². The molecule has 2 aromatic carbocycles. The lowest BCUT2D eigenvalue weighted by Gasteiger charge is -2.40. The van der Waals surface area contributed by atoms with E-state index >= 15 is 4.39 Å². The summed E-state index contributed by atoms with van der Waals surface area (Å²) in [6.07, 6.45) is 6.51. The van der Waals surface area contributed by atoms with Gasteiger partial charge in [0, 0.05) is 29.8 Å².